The summed E-state index contributed by atoms with van der Waals surface area (Å²) >= 11 is 0. The lowest BCUT2D eigenvalue weighted by atomic mass is 9.92. The molecule has 24 heavy (non-hydrogen) atoms. The summed E-state index contributed by atoms with van der Waals surface area (Å²) in [6, 6.07) is 5.43. The van der Waals surface area contributed by atoms with Crippen LogP contribution in [0, 0.1) is 21.8 Å². The van der Waals surface area contributed by atoms with E-state index in [1.54, 1.807) is 0 Å². The molecule has 0 saturated carbocycles. The lowest BCUT2D eigenvalue weighted by molar-refractivity contribution is -0.385. The largest absolute Gasteiger partial charge is 0.381 e. The van der Waals surface area contributed by atoms with Gasteiger partial charge >= 0.3 is 5.69 Å². The number of hydrogen-bond acceptors (Lipinski definition) is 5. The number of aromatic nitrogens is 2. The summed E-state index contributed by atoms with van der Waals surface area (Å²) in [5, 5.41) is 15.4. The molecular weight excluding hydrogens is 317 g/mol. The second kappa shape index (κ2) is 6.88. The van der Waals surface area contributed by atoms with Crippen molar-refractivity contribution in [2.45, 2.75) is 19.3 Å². The summed E-state index contributed by atoms with van der Waals surface area (Å²) in [6.07, 6.45) is 2.42. The van der Waals surface area contributed by atoms with Gasteiger partial charge in [0.05, 0.1) is 17.0 Å². The van der Waals surface area contributed by atoms with Crippen molar-refractivity contribution in [3.8, 4) is 5.69 Å². The third-order valence-corrected chi connectivity index (χ3v) is 4.07. The maximum atomic E-state index is 13.0. The zero-order valence-corrected chi connectivity index (χ0v) is 12.9. The molecule has 0 N–H and O–H groups in total. The smallest absolute Gasteiger partial charge is 0.311 e. The van der Waals surface area contributed by atoms with Gasteiger partial charge in [-0.05, 0) is 37.1 Å². The summed E-state index contributed by atoms with van der Waals surface area (Å²) in [7, 11) is 0. The first-order valence-electron chi connectivity index (χ1n) is 7.64. The lowest BCUT2D eigenvalue weighted by Crippen LogP contribution is -2.25. The minimum atomic E-state index is -0.556. The number of ether oxygens (including phenoxy) is 1. The van der Waals surface area contributed by atoms with Crippen LogP contribution < -0.4 is 0 Å². The summed E-state index contributed by atoms with van der Waals surface area (Å²) in [5.41, 5.74) is 0.407. The highest BCUT2D eigenvalue weighted by atomic mass is 19.1. The number of halogens is 1. The third kappa shape index (κ3) is 3.48. The maximum Gasteiger partial charge on any atom is 0.311 e. The molecule has 0 bridgehead atoms. The van der Waals surface area contributed by atoms with Crippen molar-refractivity contribution in [1.82, 2.24) is 9.78 Å². The van der Waals surface area contributed by atoms with Crippen LogP contribution in [0.25, 0.3) is 5.69 Å². The zero-order chi connectivity index (χ0) is 17.1. The van der Waals surface area contributed by atoms with Crippen molar-refractivity contribution in [1.29, 1.82) is 0 Å². The standard InChI is InChI=1S/C16H16FN3O4/c17-12-1-3-13(4-2-12)19-10-15(20(22)23)14(18-19)9-16(21)11-5-7-24-8-6-11/h1-4,10-11H,5-9H2. The molecule has 7 nitrogen and oxygen atoms in total. The molecule has 2 aromatic rings. The van der Waals surface area contributed by atoms with Gasteiger partial charge in [0.25, 0.3) is 0 Å². The molecule has 3 rings (SSSR count). The van der Waals surface area contributed by atoms with Crippen LogP contribution in [0.4, 0.5) is 10.1 Å². The van der Waals surface area contributed by atoms with E-state index in [2.05, 4.69) is 5.10 Å². The average Bonchev–Trinajstić information content (AvgIpc) is 3.00. The molecule has 1 saturated heterocycles. The number of Topliss-reactive ketones (excluding diaryl/α,β-unsaturated/α-hetero) is 1. The van der Waals surface area contributed by atoms with Crippen molar-refractivity contribution in [3.63, 3.8) is 0 Å². The van der Waals surface area contributed by atoms with E-state index in [-0.39, 0.29) is 29.5 Å². The number of nitrogens with zero attached hydrogens (tertiary/aromatic N) is 3. The van der Waals surface area contributed by atoms with Gasteiger partial charge in [0.1, 0.15) is 23.5 Å². The van der Waals surface area contributed by atoms with Gasteiger partial charge in [-0.25, -0.2) is 9.07 Å². The van der Waals surface area contributed by atoms with Crippen LogP contribution in [0.3, 0.4) is 0 Å². The number of hydrogen-bond donors (Lipinski definition) is 0. The van der Waals surface area contributed by atoms with E-state index in [1.807, 2.05) is 0 Å². The van der Waals surface area contributed by atoms with E-state index in [0.717, 1.165) is 0 Å². The van der Waals surface area contributed by atoms with E-state index >= 15 is 0 Å². The fraction of sp³-hybridized carbons (Fsp3) is 0.375. The Morgan fingerprint density at radius 2 is 2.00 bits per heavy atom. The second-order valence-corrected chi connectivity index (χ2v) is 5.67. The first-order valence-corrected chi connectivity index (χ1v) is 7.64. The first-order chi connectivity index (χ1) is 11.5. The molecule has 0 spiro atoms. The topological polar surface area (TPSA) is 87.3 Å². The predicted octanol–water partition coefficient (Wildman–Crippen LogP) is 2.46. The maximum absolute atomic E-state index is 13.0. The van der Waals surface area contributed by atoms with Gasteiger partial charge in [0.2, 0.25) is 0 Å². The number of rotatable bonds is 5. The highest BCUT2D eigenvalue weighted by molar-refractivity contribution is 5.83. The lowest BCUT2D eigenvalue weighted by Gasteiger charge is -2.20. The van der Waals surface area contributed by atoms with Gasteiger partial charge in [0, 0.05) is 19.1 Å². The number of ketones is 1. The molecule has 1 aromatic heterocycles. The van der Waals surface area contributed by atoms with E-state index in [4.69, 9.17) is 4.74 Å². The zero-order valence-electron chi connectivity index (χ0n) is 12.9. The van der Waals surface area contributed by atoms with Crippen molar-refractivity contribution >= 4 is 11.5 Å². The van der Waals surface area contributed by atoms with Gasteiger partial charge in [-0.15, -0.1) is 0 Å². The summed E-state index contributed by atoms with van der Waals surface area (Å²) in [4.78, 5) is 23.0. The van der Waals surface area contributed by atoms with E-state index in [9.17, 15) is 19.3 Å². The molecule has 126 valence electrons. The summed E-state index contributed by atoms with van der Waals surface area (Å²) in [5.74, 6) is -0.615. The molecule has 8 heteroatoms. The Balaban J connectivity index is 1.85. The van der Waals surface area contributed by atoms with Crippen LogP contribution in [0.1, 0.15) is 18.5 Å². The minimum absolute atomic E-state index is 0.0641. The van der Waals surface area contributed by atoms with Crippen molar-refractivity contribution < 1.29 is 18.8 Å². The Bertz CT molecular complexity index is 751. The van der Waals surface area contributed by atoms with Crippen molar-refractivity contribution in [2.24, 2.45) is 5.92 Å². The number of carbonyl (C=O) groups excluding carboxylic acids is 1. The molecule has 2 heterocycles. The van der Waals surface area contributed by atoms with Gasteiger partial charge < -0.3 is 4.74 Å². The molecule has 0 atom stereocenters. The minimum Gasteiger partial charge on any atom is -0.381 e. The third-order valence-electron chi connectivity index (χ3n) is 4.07. The van der Waals surface area contributed by atoms with Gasteiger partial charge in [-0.1, -0.05) is 0 Å². The summed E-state index contributed by atoms with van der Waals surface area (Å²) in [6.45, 7) is 1.06. The Labute approximate surface area is 137 Å². The molecule has 0 radical (unpaired) electrons. The predicted molar refractivity (Wildman–Crippen MR) is 82.4 cm³/mol. The van der Waals surface area contributed by atoms with Crippen LogP contribution in [0.2, 0.25) is 0 Å². The Hall–Kier alpha value is -2.61. The SMILES string of the molecule is O=C(Cc1nn(-c2ccc(F)cc2)cc1[N+](=O)[O-])C1CCOCC1. The highest BCUT2D eigenvalue weighted by Crippen LogP contribution is 2.24. The Kier molecular flexibility index (Phi) is 4.66. The summed E-state index contributed by atoms with van der Waals surface area (Å²) < 4.78 is 19.5. The molecule has 1 aromatic carbocycles. The number of benzene rings is 1. The second-order valence-electron chi connectivity index (χ2n) is 5.67. The van der Waals surface area contributed by atoms with Crippen LogP contribution >= 0.6 is 0 Å². The van der Waals surface area contributed by atoms with Gasteiger partial charge in [-0.2, -0.15) is 5.10 Å². The number of carbonyl (C=O) groups is 1. The molecule has 0 aliphatic carbocycles. The fourth-order valence-corrected chi connectivity index (χ4v) is 2.73. The van der Waals surface area contributed by atoms with Crippen molar-refractivity contribution in [3.05, 3.63) is 52.1 Å². The van der Waals surface area contributed by atoms with Gasteiger partial charge in [-0.3, -0.25) is 14.9 Å². The fourth-order valence-electron chi connectivity index (χ4n) is 2.73. The average molecular weight is 333 g/mol. The quantitative estimate of drug-likeness (QED) is 0.619. The highest BCUT2D eigenvalue weighted by Gasteiger charge is 2.27. The van der Waals surface area contributed by atoms with Crippen LogP contribution in [0.15, 0.2) is 30.5 Å². The van der Waals surface area contributed by atoms with Crippen LogP contribution in [0.5, 0.6) is 0 Å². The molecule has 0 amide bonds. The van der Waals surface area contributed by atoms with Gasteiger partial charge in [0.15, 0.2) is 0 Å². The van der Waals surface area contributed by atoms with E-state index < -0.39 is 10.7 Å². The van der Waals surface area contributed by atoms with Crippen LogP contribution in [-0.2, 0) is 16.0 Å². The normalized spacial score (nSPS) is 15.4. The Morgan fingerprint density at radius 1 is 1.33 bits per heavy atom. The Morgan fingerprint density at radius 3 is 2.62 bits per heavy atom. The first kappa shape index (κ1) is 16.3. The molecule has 1 fully saturated rings. The number of nitro groups is 1. The molecule has 0 unspecified atom stereocenters. The van der Waals surface area contributed by atoms with Crippen molar-refractivity contribution in [2.75, 3.05) is 13.2 Å². The monoisotopic (exact) mass is 333 g/mol. The van der Waals surface area contributed by atoms with E-state index in [1.165, 1.54) is 35.1 Å². The van der Waals surface area contributed by atoms with E-state index in [0.29, 0.717) is 31.7 Å². The molecule has 1 aliphatic heterocycles. The molecule has 1 aliphatic rings. The van der Waals surface area contributed by atoms with Crippen LogP contribution in [-0.4, -0.2) is 33.7 Å². The molecular formula is C16H16FN3O4.